The SMILES string of the molecule is CC(C)c1ccccn1.CCOC=O. The van der Waals surface area contributed by atoms with E-state index < -0.39 is 0 Å². The number of pyridine rings is 1. The maximum absolute atomic E-state index is 9.18. The second-order valence-corrected chi connectivity index (χ2v) is 2.96. The molecule has 1 aromatic heterocycles. The van der Waals surface area contributed by atoms with Gasteiger partial charge in [-0.2, -0.15) is 0 Å². The zero-order valence-corrected chi connectivity index (χ0v) is 8.93. The predicted molar refractivity (Wildman–Crippen MR) is 56.0 cm³/mol. The first kappa shape index (κ1) is 12.6. The van der Waals surface area contributed by atoms with Gasteiger partial charge < -0.3 is 4.74 Å². The highest BCUT2D eigenvalue weighted by Gasteiger charge is 1.95. The van der Waals surface area contributed by atoms with Gasteiger partial charge in [0.25, 0.3) is 6.47 Å². The number of hydrogen-bond acceptors (Lipinski definition) is 3. The topological polar surface area (TPSA) is 39.2 Å². The van der Waals surface area contributed by atoms with Gasteiger partial charge in [-0.15, -0.1) is 0 Å². The van der Waals surface area contributed by atoms with Crippen LogP contribution < -0.4 is 0 Å². The predicted octanol–water partition coefficient (Wildman–Crippen LogP) is 2.38. The fourth-order valence-electron chi connectivity index (χ4n) is 0.786. The van der Waals surface area contributed by atoms with E-state index in [1.54, 1.807) is 6.92 Å². The smallest absolute Gasteiger partial charge is 0.293 e. The average Bonchev–Trinajstić information content (AvgIpc) is 2.21. The Kier molecular flexibility index (Phi) is 7.42. The van der Waals surface area contributed by atoms with E-state index in [0.717, 1.165) is 5.69 Å². The highest BCUT2D eigenvalue weighted by molar-refractivity contribution is 5.36. The van der Waals surface area contributed by atoms with E-state index in [2.05, 4.69) is 23.6 Å². The van der Waals surface area contributed by atoms with Crippen molar-refractivity contribution < 1.29 is 9.53 Å². The highest BCUT2D eigenvalue weighted by Crippen LogP contribution is 2.08. The van der Waals surface area contributed by atoms with Gasteiger partial charge in [0.05, 0.1) is 6.61 Å². The van der Waals surface area contributed by atoms with E-state index in [4.69, 9.17) is 0 Å². The molecule has 0 amide bonds. The average molecular weight is 195 g/mol. The third-order valence-corrected chi connectivity index (χ3v) is 1.51. The Bertz CT molecular complexity index is 234. The van der Waals surface area contributed by atoms with Gasteiger partial charge in [0.15, 0.2) is 0 Å². The molecule has 78 valence electrons. The van der Waals surface area contributed by atoms with Crippen molar-refractivity contribution in [1.29, 1.82) is 0 Å². The number of hydrogen-bond donors (Lipinski definition) is 0. The summed E-state index contributed by atoms with van der Waals surface area (Å²) in [5.41, 5.74) is 1.16. The van der Waals surface area contributed by atoms with Gasteiger partial charge in [0.1, 0.15) is 0 Å². The van der Waals surface area contributed by atoms with Crippen LogP contribution in [-0.2, 0) is 9.53 Å². The first-order chi connectivity index (χ1) is 6.72. The molecular weight excluding hydrogens is 178 g/mol. The van der Waals surface area contributed by atoms with E-state index >= 15 is 0 Å². The molecule has 1 aromatic rings. The Balaban J connectivity index is 0.000000292. The minimum Gasteiger partial charge on any atom is -0.468 e. The molecule has 0 aliphatic heterocycles. The molecule has 0 spiro atoms. The molecule has 3 heteroatoms. The Morgan fingerprint density at radius 2 is 2.21 bits per heavy atom. The molecule has 0 aliphatic rings. The molecule has 14 heavy (non-hydrogen) atoms. The molecule has 0 bridgehead atoms. The molecule has 0 aromatic carbocycles. The minimum absolute atomic E-state index is 0.431. The van der Waals surface area contributed by atoms with Crippen molar-refractivity contribution >= 4 is 6.47 Å². The summed E-state index contributed by atoms with van der Waals surface area (Å²) in [5, 5.41) is 0. The van der Waals surface area contributed by atoms with Crippen LogP contribution >= 0.6 is 0 Å². The van der Waals surface area contributed by atoms with Crippen LogP contribution in [0.1, 0.15) is 32.4 Å². The molecule has 1 heterocycles. The third kappa shape index (κ3) is 6.17. The molecule has 3 nitrogen and oxygen atoms in total. The summed E-state index contributed by atoms with van der Waals surface area (Å²) in [6.07, 6.45) is 1.83. The first-order valence-corrected chi connectivity index (χ1v) is 4.68. The van der Waals surface area contributed by atoms with Gasteiger partial charge in [-0.05, 0) is 25.0 Å². The van der Waals surface area contributed by atoms with Gasteiger partial charge in [0, 0.05) is 11.9 Å². The van der Waals surface area contributed by atoms with Crippen LogP contribution in [0.2, 0.25) is 0 Å². The van der Waals surface area contributed by atoms with E-state index in [9.17, 15) is 4.79 Å². The Morgan fingerprint density at radius 3 is 2.43 bits per heavy atom. The maximum atomic E-state index is 9.18. The van der Waals surface area contributed by atoms with E-state index in [0.29, 0.717) is 19.0 Å². The van der Waals surface area contributed by atoms with Crippen molar-refractivity contribution in [2.24, 2.45) is 0 Å². The lowest BCUT2D eigenvalue weighted by Crippen LogP contribution is -1.88. The molecule has 0 aliphatic carbocycles. The lowest BCUT2D eigenvalue weighted by Gasteiger charge is -2.00. The quantitative estimate of drug-likeness (QED) is 0.695. The van der Waals surface area contributed by atoms with E-state index in [1.807, 2.05) is 24.4 Å². The van der Waals surface area contributed by atoms with Crippen molar-refractivity contribution in [3.05, 3.63) is 30.1 Å². The summed E-state index contributed by atoms with van der Waals surface area (Å²) in [4.78, 5) is 13.4. The Labute approximate surface area is 85.1 Å². The number of carbonyl (C=O) groups is 1. The van der Waals surface area contributed by atoms with Crippen LogP contribution in [0.4, 0.5) is 0 Å². The fourth-order valence-corrected chi connectivity index (χ4v) is 0.786. The van der Waals surface area contributed by atoms with Crippen LogP contribution in [0.5, 0.6) is 0 Å². The zero-order chi connectivity index (χ0) is 10.8. The molecule has 1 rings (SSSR count). The highest BCUT2D eigenvalue weighted by atomic mass is 16.5. The fraction of sp³-hybridized carbons (Fsp3) is 0.455. The van der Waals surface area contributed by atoms with Crippen molar-refractivity contribution in [2.75, 3.05) is 6.61 Å². The van der Waals surface area contributed by atoms with Crippen LogP contribution in [0.15, 0.2) is 24.4 Å². The minimum atomic E-state index is 0.431. The number of aromatic nitrogens is 1. The lowest BCUT2D eigenvalue weighted by atomic mass is 10.1. The van der Waals surface area contributed by atoms with Crippen LogP contribution in [0.3, 0.4) is 0 Å². The van der Waals surface area contributed by atoms with E-state index in [1.165, 1.54) is 0 Å². The van der Waals surface area contributed by atoms with Gasteiger partial charge in [-0.25, -0.2) is 0 Å². The Morgan fingerprint density at radius 1 is 1.50 bits per heavy atom. The standard InChI is InChI=1S/C8H11N.C3H6O2/c1-7(2)8-5-3-4-6-9-8;1-2-5-3-4/h3-7H,1-2H3;3H,2H2,1H3. The van der Waals surface area contributed by atoms with Crippen LogP contribution in [0, 0.1) is 0 Å². The normalized spacial score (nSPS) is 8.86. The first-order valence-electron chi connectivity index (χ1n) is 4.68. The van der Waals surface area contributed by atoms with Gasteiger partial charge in [-0.3, -0.25) is 9.78 Å². The number of rotatable bonds is 3. The second-order valence-electron chi connectivity index (χ2n) is 2.96. The number of carbonyl (C=O) groups excluding carboxylic acids is 1. The number of nitrogens with zero attached hydrogens (tertiary/aromatic N) is 1. The second kappa shape index (κ2) is 8.23. The largest absolute Gasteiger partial charge is 0.468 e. The summed E-state index contributed by atoms with van der Waals surface area (Å²) in [5.74, 6) is 0.547. The molecule has 0 fully saturated rings. The summed E-state index contributed by atoms with van der Waals surface area (Å²) in [6.45, 7) is 6.95. The van der Waals surface area contributed by atoms with E-state index in [-0.39, 0.29) is 0 Å². The molecule has 0 radical (unpaired) electrons. The number of ether oxygens (including phenoxy) is 1. The summed E-state index contributed by atoms with van der Waals surface area (Å²) in [7, 11) is 0. The Hall–Kier alpha value is -1.38. The summed E-state index contributed by atoms with van der Waals surface area (Å²) >= 11 is 0. The third-order valence-electron chi connectivity index (χ3n) is 1.51. The maximum Gasteiger partial charge on any atom is 0.293 e. The molecule has 0 unspecified atom stereocenters. The van der Waals surface area contributed by atoms with Crippen molar-refractivity contribution in [3.8, 4) is 0 Å². The monoisotopic (exact) mass is 195 g/mol. The molecular formula is C11H17NO2. The van der Waals surface area contributed by atoms with Crippen LogP contribution in [0.25, 0.3) is 0 Å². The van der Waals surface area contributed by atoms with Crippen molar-refractivity contribution in [1.82, 2.24) is 4.98 Å². The van der Waals surface area contributed by atoms with Crippen molar-refractivity contribution in [3.63, 3.8) is 0 Å². The zero-order valence-electron chi connectivity index (χ0n) is 8.93. The van der Waals surface area contributed by atoms with Crippen LogP contribution in [-0.4, -0.2) is 18.1 Å². The van der Waals surface area contributed by atoms with Gasteiger partial charge in [-0.1, -0.05) is 19.9 Å². The van der Waals surface area contributed by atoms with Gasteiger partial charge in [0.2, 0.25) is 0 Å². The summed E-state index contributed by atoms with van der Waals surface area (Å²) < 4.78 is 4.15. The molecule has 0 saturated carbocycles. The summed E-state index contributed by atoms with van der Waals surface area (Å²) in [6, 6.07) is 6.00. The molecule has 0 N–H and O–H groups in total. The lowest BCUT2D eigenvalue weighted by molar-refractivity contribution is -0.128. The molecule has 0 atom stereocenters. The van der Waals surface area contributed by atoms with Gasteiger partial charge >= 0.3 is 0 Å². The van der Waals surface area contributed by atoms with Crippen molar-refractivity contribution in [2.45, 2.75) is 26.7 Å². The molecule has 0 saturated heterocycles.